The summed E-state index contributed by atoms with van der Waals surface area (Å²) in [5.41, 5.74) is 1.86. The summed E-state index contributed by atoms with van der Waals surface area (Å²) in [6.45, 7) is 10.2. The van der Waals surface area contributed by atoms with E-state index in [-0.39, 0.29) is 27.3 Å². The van der Waals surface area contributed by atoms with Gasteiger partial charge in [-0.2, -0.15) is 0 Å². The second kappa shape index (κ2) is 14.5. The molecule has 1 heterocycles. The Bertz CT molecular complexity index is 1950. The predicted molar refractivity (Wildman–Crippen MR) is 189 cm³/mol. The molecule has 254 valence electrons. The monoisotopic (exact) mass is 693 g/mol. The van der Waals surface area contributed by atoms with Crippen molar-refractivity contribution in [2.75, 3.05) is 63.5 Å². The van der Waals surface area contributed by atoms with Crippen molar-refractivity contribution in [3.05, 3.63) is 82.9 Å². The number of benzene rings is 4. The molecule has 1 fully saturated rings. The van der Waals surface area contributed by atoms with Crippen molar-refractivity contribution in [3.63, 3.8) is 0 Å². The number of fused-ring (bicyclic) bond motifs is 1. The lowest BCUT2D eigenvalue weighted by Gasteiger charge is -2.26. The SMILES string of the molecule is COc1c(NC(=O)C(=O)c2ccc(OCCN3CCOCC3)c3cccc(Cl)c23)cccc1Nc1cc(C(C)(C)C)cc(S(C)(=O)=O)c1. The van der Waals surface area contributed by atoms with Crippen LogP contribution in [0.3, 0.4) is 0 Å². The molecule has 0 saturated carbocycles. The fourth-order valence-corrected chi connectivity index (χ4v) is 6.45. The summed E-state index contributed by atoms with van der Waals surface area (Å²) in [6.07, 6.45) is 1.16. The second-order valence-corrected chi connectivity index (χ2v) is 15.1. The molecule has 5 rings (SSSR count). The number of morpholine rings is 1. The molecule has 1 amide bonds. The first-order valence-corrected chi connectivity index (χ1v) is 17.8. The van der Waals surface area contributed by atoms with E-state index in [2.05, 4.69) is 15.5 Å². The molecule has 0 spiro atoms. The van der Waals surface area contributed by atoms with Gasteiger partial charge in [0, 0.05) is 52.9 Å². The fraction of sp³-hybridized carbons (Fsp3) is 0.333. The number of ketones is 1. The van der Waals surface area contributed by atoms with Crippen molar-refractivity contribution in [3.8, 4) is 11.5 Å². The van der Waals surface area contributed by atoms with Crippen LogP contribution in [0.5, 0.6) is 11.5 Å². The quantitative estimate of drug-likeness (QED) is 0.134. The van der Waals surface area contributed by atoms with Gasteiger partial charge in [0.15, 0.2) is 15.6 Å². The number of rotatable bonds is 11. The van der Waals surface area contributed by atoms with Gasteiger partial charge in [0.1, 0.15) is 12.4 Å². The topological polar surface area (TPSA) is 123 Å². The maximum atomic E-state index is 13.6. The van der Waals surface area contributed by atoms with Crippen molar-refractivity contribution in [1.29, 1.82) is 0 Å². The molecule has 1 saturated heterocycles. The van der Waals surface area contributed by atoms with Gasteiger partial charge in [-0.25, -0.2) is 8.42 Å². The molecule has 12 heteroatoms. The lowest BCUT2D eigenvalue weighted by atomic mass is 9.87. The Balaban J connectivity index is 1.39. The molecule has 0 unspecified atom stereocenters. The zero-order valence-corrected chi connectivity index (χ0v) is 29.3. The van der Waals surface area contributed by atoms with Crippen LogP contribution in [0, 0.1) is 0 Å². The van der Waals surface area contributed by atoms with Crippen molar-refractivity contribution in [2.24, 2.45) is 0 Å². The highest BCUT2D eigenvalue weighted by Gasteiger charge is 2.24. The molecule has 0 aromatic heterocycles. The molecule has 4 aromatic carbocycles. The van der Waals surface area contributed by atoms with Crippen LogP contribution in [0.25, 0.3) is 10.8 Å². The number of hydrogen-bond acceptors (Lipinski definition) is 9. The van der Waals surface area contributed by atoms with Crippen LogP contribution in [0.4, 0.5) is 17.1 Å². The van der Waals surface area contributed by atoms with Crippen molar-refractivity contribution in [1.82, 2.24) is 4.90 Å². The van der Waals surface area contributed by atoms with Gasteiger partial charge in [0.2, 0.25) is 0 Å². The Labute approximate surface area is 286 Å². The molecule has 4 aromatic rings. The minimum absolute atomic E-state index is 0.133. The van der Waals surface area contributed by atoms with Crippen LogP contribution in [0.1, 0.15) is 36.7 Å². The van der Waals surface area contributed by atoms with Gasteiger partial charge < -0.3 is 24.8 Å². The number of hydrogen-bond donors (Lipinski definition) is 2. The third-order valence-corrected chi connectivity index (χ3v) is 9.52. The normalized spacial score (nSPS) is 14.0. The zero-order valence-electron chi connectivity index (χ0n) is 27.7. The van der Waals surface area contributed by atoms with E-state index in [1.165, 1.54) is 7.11 Å². The molecule has 1 aliphatic heterocycles. The van der Waals surface area contributed by atoms with Gasteiger partial charge in [-0.05, 0) is 59.5 Å². The maximum Gasteiger partial charge on any atom is 0.296 e. The summed E-state index contributed by atoms with van der Waals surface area (Å²) < 4.78 is 42.1. The summed E-state index contributed by atoms with van der Waals surface area (Å²) in [5.74, 6) is -0.855. The fourth-order valence-electron chi connectivity index (χ4n) is 5.49. The van der Waals surface area contributed by atoms with E-state index in [4.69, 9.17) is 25.8 Å². The van der Waals surface area contributed by atoms with Gasteiger partial charge in [0.05, 0.1) is 36.6 Å². The molecule has 1 aliphatic rings. The average Bonchev–Trinajstić information content (AvgIpc) is 3.04. The number of nitrogens with zero attached hydrogens (tertiary/aromatic N) is 1. The maximum absolute atomic E-state index is 13.6. The van der Waals surface area contributed by atoms with E-state index in [1.807, 2.05) is 32.9 Å². The zero-order chi connectivity index (χ0) is 34.6. The molecule has 0 radical (unpaired) electrons. The van der Waals surface area contributed by atoms with Crippen LogP contribution < -0.4 is 20.1 Å². The van der Waals surface area contributed by atoms with E-state index in [9.17, 15) is 18.0 Å². The highest BCUT2D eigenvalue weighted by Crippen LogP contribution is 2.38. The lowest BCUT2D eigenvalue weighted by Crippen LogP contribution is -2.38. The molecule has 2 N–H and O–H groups in total. The molecular formula is C36H40ClN3O7S. The Kier molecular flexibility index (Phi) is 10.6. The molecule has 0 atom stereocenters. The van der Waals surface area contributed by atoms with Crippen LogP contribution in [0.15, 0.2) is 71.6 Å². The first-order valence-electron chi connectivity index (χ1n) is 15.6. The largest absolute Gasteiger partial charge is 0.492 e. The highest BCUT2D eigenvalue weighted by molar-refractivity contribution is 7.90. The van der Waals surface area contributed by atoms with E-state index >= 15 is 0 Å². The van der Waals surface area contributed by atoms with Gasteiger partial charge >= 0.3 is 0 Å². The number of carbonyl (C=O) groups excluding carboxylic acids is 2. The molecule has 48 heavy (non-hydrogen) atoms. The number of methoxy groups -OCH3 is 1. The Morgan fingerprint density at radius 2 is 1.69 bits per heavy atom. The van der Waals surface area contributed by atoms with Crippen molar-refractivity contribution in [2.45, 2.75) is 31.1 Å². The number of anilines is 3. The third-order valence-electron chi connectivity index (χ3n) is 8.12. The Hall–Kier alpha value is -4.16. The number of halogens is 1. The number of amides is 1. The standard InChI is InChI=1S/C36H40ClN3O7S/c1-36(2,3)23-20-24(22-25(21-23)48(5,43)44)38-29-10-7-11-30(34(29)45-4)39-35(42)33(41)27-12-13-31(26-8-6-9-28(37)32(26)27)47-19-16-40-14-17-46-18-15-40/h6-13,20-22,38H,14-19H2,1-5H3,(H,39,42). The molecule has 0 aliphatic carbocycles. The number of ether oxygens (including phenoxy) is 3. The van der Waals surface area contributed by atoms with E-state index in [1.54, 1.807) is 54.6 Å². The van der Waals surface area contributed by atoms with Crippen molar-refractivity contribution < 1.29 is 32.2 Å². The van der Waals surface area contributed by atoms with Crippen LogP contribution >= 0.6 is 11.6 Å². The van der Waals surface area contributed by atoms with E-state index < -0.39 is 21.5 Å². The van der Waals surface area contributed by atoms with Gasteiger partial charge in [-0.1, -0.05) is 50.6 Å². The number of sulfone groups is 1. The Morgan fingerprint density at radius 1 is 0.979 bits per heavy atom. The molecular weight excluding hydrogens is 654 g/mol. The summed E-state index contributed by atoms with van der Waals surface area (Å²) in [4.78, 5) is 29.5. The first-order chi connectivity index (χ1) is 22.8. The third kappa shape index (κ3) is 8.10. The summed E-state index contributed by atoms with van der Waals surface area (Å²) in [7, 11) is -2.06. The Morgan fingerprint density at radius 3 is 2.38 bits per heavy atom. The number of para-hydroxylation sites is 1. The lowest BCUT2D eigenvalue weighted by molar-refractivity contribution is -0.112. The average molecular weight is 694 g/mol. The van der Waals surface area contributed by atoms with Gasteiger partial charge in [-0.3, -0.25) is 14.5 Å². The number of carbonyl (C=O) groups is 2. The van der Waals surface area contributed by atoms with Crippen LogP contribution in [-0.2, 0) is 24.8 Å². The van der Waals surface area contributed by atoms with Gasteiger partial charge in [0.25, 0.3) is 11.7 Å². The highest BCUT2D eigenvalue weighted by atomic mass is 35.5. The summed E-state index contributed by atoms with van der Waals surface area (Å²) >= 11 is 6.60. The minimum atomic E-state index is -3.50. The number of Topliss-reactive ketones (excluding diaryl/α,β-unsaturated/α-hetero) is 1. The minimum Gasteiger partial charge on any atom is -0.492 e. The predicted octanol–water partition coefficient (Wildman–Crippen LogP) is 6.48. The van der Waals surface area contributed by atoms with Crippen LogP contribution in [-0.4, -0.2) is 77.8 Å². The van der Waals surface area contributed by atoms with Crippen molar-refractivity contribution >= 4 is 61.0 Å². The van der Waals surface area contributed by atoms with E-state index in [0.717, 1.165) is 31.5 Å². The smallest absolute Gasteiger partial charge is 0.296 e. The summed E-state index contributed by atoms with van der Waals surface area (Å²) in [5, 5.41) is 7.28. The van der Waals surface area contributed by atoms with Gasteiger partial charge in [-0.15, -0.1) is 0 Å². The second-order valence-electron chi connectivity index (χ2n) is 12.6. The molecule has 10 nitrogen and oxygen atoms in total. The van der Waals surface area contributed by atoms with Crippen LogP contribution in [0.2, 0.25) is 5.02 Å². The summed E-state index contributed by atoms with van der Waals surface area (Å²) in [6, 6.07) is 18.6. The van der Waals surface area contributed by atoms with E-state index in [0.29, 0.717) is 52.7 Å². The molecule has 0 bridgehead atoms. The first kappa shape index (κ1) is 35.2. The number of nitrogens with one attached hydrogen (secondary N) is 2.